The van der Waals surface area contributed by atoms with Crippen molar-refractivity contribution in [3.05, 3.63) is 23.8 Å². The SMILES string of the molecule is CCN(Cc1ccc(OC)cc1N)C(C)CN(C)C. The molecule has 1 unspecified atom stereocenters. The third-order valence-corrected chi connectivity index (χ3v) is 3.39. The summed E-state index contributed by atoms with van der Waals surface area (Å²) in [6.45, 7) is 7.38. The summed E-state index contributed by atoms with van der Waals surface area (Å²) in [7, 11) is 5.87. The van der Waals surface area contributed by atoms with E-state index in [1.54, 1.807) is 7.11 Å². The summed E-state index contributed by atoms with van der Waals surface area (Å²) in [4.78, 5) is 4.64. The summed E-state index contributed by atoms with van der Waals surface area (Å²) < 4.78 is 5.18. The largest absolute Gasteiger partial charge is 0.497 e. The first kappa shape index (κ1) is 15.8. The number of methoxy groups -OCH3 is 1. The second-order valence-corrected chi connectivity index (χ2v) is 5.24. The molecule has 1 aromatic rings. The molecular formula is C15H27N3O. The molecule has 0 fully saturated rings. The number of nitrogen functional groups attached to an aromatic ring is 1. The molecule has 4 nitrogen and oxygen atoms in total. The van der Waals surface area contributed by atoms with E-state index in [9.17, 15) is 0 Å². The van der Waals surface area contributed by atoms with Gasteiger partial charge in [-0.2, -0.15) is 0 Å². The quantitative estimate of drug-likeness (QED) is 0.766. The van der Waals surface area contributed by atoms with Crippen molar-refractivity contribution in [1.82, 2.24) is 9.80 Å². The average Bonchev–Trinajstić information content (AvgIpc) is 2.36. The zero-order valence-electron chi connectivity index (χ0n) is 12.8. The van der Waals surface area contributed by atoms with Crippen LogP contribution in [0.4, 0.5) is 5.69 Å². The molecule has 0 aliphatic carbocycles. The first-order valence-corrected chi connectivity index (χ1v) is 6.79. The number of nitrogens with zero attached hydrogens (tertiary/aromatic N) is 2. The molecule has 0 aromatic heterocycles. The molecule has 4 heteroatoms. The van der Waals surface area contributed by atoms with Crippen molar-refractivity contribution in [2.24, 2.45) is 0 Å². The maximum Gasteiger partial charge on any atom is 0.120 e. The molecule has 1 rings (SSSR count). The van der Waals surface area contributed by atoms with Crippen LogP contribution in [0.25, 0.3) is 0 Å². The third kappa shape index (κ3) is 4.73. The van der Waals surface area contributed by atoms with Gasteiger partial charge >= 0.3 is 0 Å². The fourth-order valence-corrected chi connectivity index (χ4v) is 2.29. The second kappa shape index (κ2) is 7.36. The van der Waals surface area contributed by atoms with Crippen LogP contribution in [-0.2, 0) is 6.54 Å². The molecule has 0 amide bonds. The highest BCUT2D eigenvalue weighted by Crippen LogP contribution is 2.21. The van der Waals surface area contributed by atoms with Crippen molar-refractivity contribution in [1.29, 1.82) is 0 Å². The Morgan fingerprint density at radius 3 is 2.47 bits per heavy atom. The van der Waals surface area contributed by atoms with Gasteiger partial charge in [-0.05, 0) is 39.2 Å². The number of anilines is 1. The molecule has 0 aliphatic rings. The average molecular weight is 265 g/mol. The van der Waals surface area contributed by atoms with Crippen LogP contribution in [0, 0.1) is 0 Å². The molecule has 0 heterocycles. The molecule has 0 aliphatic heterocycles. The van der Waals surface area contributed by atoms with Crippen LogP contribution in [0.1, 0.15) is 19.4 Å². The molecular weight excluding hydrogens is 238 g/mol. The maximum absolute atomic E-state index is 6.08. The van der Waals surface area contributed by atoms with Gasteiger partial charge in [-0.25, -0.2) is 0 Å². The number of hydrogen-bond donors (Lipinski definition) is 1. The zero-order valence-corrected chi connectivity index (χ0v) is 12.8. The zero-order chi connectivity index (χ0) is 14.4. The van der Waals surface area contributed by atoms with E-state index >= 15 is 0 Å². The Bertz CT molecular complexity index is 393. The summed E-state index contributed by atoms with van der Waals surface area (Å²) in [5.74, 6) is 0.811. The Morgan fingerprint density at radius 2 is 2.00 bits per heavy atom. The number of ether oxygens (including phenoxy) is 1. The Hall–Kier alpha value is -1.26. The predicted octanol–water partition coefficient (Wildman–Crippen LogP) is 2.05. The molecule has 0 radical (unpaired) electrons. The van der Waals surface area contributed by atoms with Gasteiger partial charge in [-0.1, -0.05) is 13.0 Å². The van der Waals surface area contributed by atoms with Crippen LogP contribution in [0.15, 0.2) is 18.2 Å². The Kier molecular flexibility index (Phi) is 6.12. The minimum atomic E-state index is 0.501. The summed E-state index contributed by atoms with van der Waals surface area (Å²) >= 11 is 0. The Balaban J connectivity index is 2.75. The normalized spacial score (nSPS) is 13.0. The lowest BCUT2D eigenvalue weighted by Gasteiger charge is -2.30. The number of rotatable bonds is 7. The molecule has 1 atom stereocenters. The van der Waals surface area contributed by atoms with Gasteiger partial charge in [-0.3, -0.25) is 4.90 Å². The van der Waals surface area contributed by atoms with E-state index in [4.69, 9.17) is 10.5 Å². The fourth-order valence-electron chi connectivity index (χ4n) is 2.29. The molecule has 108 valence electrons. The van der Waals surface area contributed by atoms with Crippen molar-refractivity contribution in [2.75, 3.05) is 40.0 Å². The van der Waals surface area contributed by atoms with Crippen molar-refractivity contribution in [2.45, 2.75) is 26.4 Å². The van der Waals surface area contributed by atoms with Gasteiger partial charge < -0.3 is 15.4 Å². The first-order valence-electron chi connectivity index (χ1n) is 6.79. The van der Waals surface area contributed by atoms with Crippen molar-refractivity contribution in [3.8, 4) is 5.75 Å². The minimum Gasteiger partial charge on any atom is -0.497 e. The monoisotopic (exact) mass is 265 g/mol. The van der Waals surface area contributed by atoms with Crippen LogP contribution in [0.3, 0.4) is 0 Å². The van der Waals surface area contributed by atoms with Crippen LogP contribution in [0.5, 0.6) is 5.75 Å². The molecule has 2 N–H and O–H groups in total. The fraction of sp³-hybridized carbons (Fsp3) is 0.600. The first-order chi connectivity index (χ1) is 8.97. The van der Waals surface area contributed by atoms with Gasteiger partial charge in [0.25, 0.3) is 0 Å². The lowest BCUT2D eigenvalue weighted by atomic mass is 10.1. The van der Waals surface area contributed by atoms with Gasteiger partial charge in [0.15, 0.2) is 0 Å². The van der Waals surface area contributed by atoms with Gasteiger partial charge in [0.1, 0.15) is 5.75 Å². The molecule has 1 aromatic carbocycles. The van der Waals surface area contributed by atoms with Crippen LogP contribution < -0.4 is 10.5 Å². The smallest absolute Gasteiger partial charge is 0.120 e. The highest BCUT2D eigenvalue weighted by Gasteiger charge is 2.14. The number of hydrogen-bond acceptors (Lipinski definition) is 4. The standard InChI is InChI=1S/C15H27N3O/c1-6-18(12(2)10-17(3)4)11-13-7-8-14(19-5)9-15(13)16/h7-9,12H,6,10-11,16H2,1-5H3. The van der Waals surface area contributed by atoms with E-state index in [2.05, 4.69) is 43.8 Å². The molecule has 0 bridgehead atoms. The summed E-state index contributed by atoms with van der Waals surface area (Å²) in [5, 5.41) is 0. The van der Waals surface area contributed by atoms with Gasteiger partial charge in [0.2, 0.25) is 0 Å². The summed E-state index contributed by atoms with van der Waals surface area (Å²) in [6.07, 6.45) is 0. The van der Waals surface area contributed by atoms with E-state index in [1.807, 2.05) is 12.1 Å². The highest BCUT2D eigenvalue weighted by molar-refractivity contribution is 5.51. The van der Waals surface area contributed by atoms with E-state index in [0.29, 0.717) is 6.04 Å². The van der Waals surface area contributed by atoms with Crippen molar-refractivity contribution < 1.29 is 4.74 Å². The molecule has 0 saturated carbocycles. The van der Waals surface area contributed by atoms with Gasteiger partial charge in [0.05, 0.1) is 7.11 Å². The third-order valence-electron chi connectivity index (χ3n) is 3.39. The lowest BCUT2D eigenvalue weighted by molar-refractivity contribution is 0.174. The maximum atomic E-state index is 6.08. The van der Waals surface area contributed by atoms with E-state index in [-0.39, 0.29) is 0 Å². The molecule has 19 heavy (non-hydrogen) atoms. The Morgan fingerprint density at radius 1 is 1.32 bits per heavy atom. The van der Waals surface area contributed by atoms with Crippen LogP contribution >= 0.6 is 0 Å². The van der Waals surface area contributed by atoms with Gasteiger partial charge in [-0.15, -0.1) is 0 Å². The van der Waals surface area contributed by atoms with E-state index in [0.717, 1.165) is 36.6 Å². The highest BCUT2D eigenvalue weighted by atomic mass is 16.5. The second-order valence-electron chi connectivity index (χ2n) is 5.24. The molecule has 0 spiro atoms. The summed E-state index contributed by atoms with van der Waals surface area (Å²) in [5.41, 5.74) is 8.05. The number of likely N-dealkylation sites (N-methyl/N-ethyl adjacent to an activating group) is 2. The van der Waals surface area contributed by atoms with Gasteiger partial charge in [0, 0.05) is 30.9 Å². The number of benzene rings is 1. The Labute approximate surface area is 117 Å². The summed E-state index contributed by atoms with van der Waals surface area (Å²) in [6, 6.07) is 6.41. The van der Waals surface area contributed by atoms with Crippen molar-refractivity contribution >= 4 is 5.69 Å². The predicted molar refractivity (Wildman–Crippen MR) is 81.5 cm³/mol. The minimum absolute atomic E-state index is 0.501. The number of nitrogens with two attached hydrogens (primary N) is 1. The van der Waals surface area contributed by atoms with E-state index < -0.39 is 0 Å². The van der Waals surface area contributed by atoms with Crippen LogP contribution in [-0.4, -0.2) is 50.1 Å². The topological polar surface area (TPSA) is 41.7 Å². The van der Waals surface area contributed by atoms with Crippen molar-refractivity contribution in [3.63, 3.8) is 0 Å². The lowest BCUT2D eigenvalue weighted by Crippen LogP contribution is -2.39. The van der Waals surface area contributed by atoms with E-state index in [1.165, 1.54) is 0 Å². The molecule has 0 saturated heterocycles. The van der Waals surface area contributed by atoms with Crippen LogP contribution in [0.2, 0.25) is 0 Å².